The van der Waals surface area contributed by atoms with Crippen LogP contribution in [0.2, 0.25) is 0 Å². The highest BCUT2D eigenvalue weighted by Crippen LogP contribution is 2.05. The second-order valence-electron chi connectivity index (χ2n) is 3.42. The van der Waals surface area contributed by atoms with E-state index in [-0.39, 0.29) is 6.42 Å². The fourth-order valence-corrected chi connectivity index (χ4v) is 1.05. The highest BCUT2D eigenvalue weighted by Gasteiger charge is 2.25. The van der Waals surface area contributed by atoms with Gasteiger partial charge in [0.25, 0.3) is 0 Å². The number of Topliss-reactive ketones (excluding diaryl/α,β-unsaturated/α-hetero) is 1. The zero-order chi connectivity index (χ0) is 12.6. The van der Waals surface area contributed by atoms with Crippen molar-refractivity contribution in [1.29, 1.82) is 0 Å². The summed E-state index contributed by atoms with van der Waals surface area (Å²) >= 11 is 0. The van der Waals surface area contributed by atoms with Gasteiger partial charge in [-0.3, -0.25) is 9.59 Å². The summed E-state index contributed by atoms with van der Waals surface area (Å²) in [5.41, 5.74) is 9.32. The lowest BCUT2D eigenvalue weighted by molar-refractivity contribution is -0.145. The van der Waals surface area contributed by atoms with Crippen LogP contribution in [0.15, 0.2) is 16.8 Å². The van der Waals surface area contributed by atoms with Crippen molar-refractivity contribution in [1.82, 2.24) is 0 Å². The number of carbonyl (C=O) groups excluding carboxylic acids is 2. The molecule has 0 saturated carbocycles. The average Bonchev–Trinajstić information content (AvgIpc) is 2.24. The third kappa shape index (κ3) is 5.17. The van der Waals surface area contributed by atoms with Gasteiger partial charge in [0.2, 0.25) is 0 Å². The Morgan fingerprint density at radius 1 is 1.50 bits per heavy atom. The number of allylic oxidation sites excluding steroid dienone is 2. The second-order valence-corrected chi connectivity index (χ2v) is 3.42. The van der Waals surface area contributed by atoms with Gasteiger partial charge < -0.3 is 4.74 Å². The van der Waals surface area contributed by atoms with Crippen molar-refractivity contribution >= 4 is 11.8 Å². The number of rotatable bonds is 6. The molecule has 0 aromatic rings. The van der Waals surface area contributed by atoms with Crippen LogP contribution >= 0.6 is 0 Å². The second kappa shape index (κ2) is 7.48. The third-order valence-electron chi connectivity index (χ3n) is 1.84. The molecule has 0 radical (unpaired) electrons. The smallest absolute Gasteiger partial charge is 0.322 e. The number of hydrogen-bond donors (Lipinski definition) is 0. The number of nitrogens with zero attached hydrogens (tertiary/aromatic N) is 3. The lowest BCUT2D eigenvalue weighted by atomic mass is 10.1. The Hall–Kier alpha value is -1.81. The summed E-state index contributed by atoms with van der Waals surface area (Å²) in [5, 5.41) is 3.13. The summed E-state index contributed by atoms with van der Waals surface area (Å²) in [6.07, 6.45) is 2.56. The van der Waals surface area contributed by atoms with E-state index in [2.05, 4.69) is 14.8 Å². The predicted octanol–water partition coefficient (Wildman–Crippen LogP) is 2.15. The zero-order valence-electron chi connectivity index (χ0n) is 9.64. The van der Waals surface area contributed by atoms with Crippen LogP contribution in [0.5, 0.6) is 0 Å². The Balaban J connectivity index is 4.46. The summed E-state index contributed by atoms with van der Waals surface area (Å²) in [6.45, 7) is 3.82. The van der Waals surface area contributed by atoms with Crippen molar-refractivity contribution in [3.63, 3.8) is 0 Å². The van der Waals surface area contributed by atoms with E-state index in [0.29, 0.717) is 6.42 Å². The maximum absolute atomic E-state index is 11.5. The first-order valence-electron chi connectivity index (χ1n) is 4.81. The number of ether oxygens (including phenoxy) is 1. The SMILES string of the molecule is COC(=O)C(N=[N+]=[N-])C(=O)CCC=C(C)C. The first-order valence-corrected chi connectivity index (χ1v) is 4.81. The molecule has 0 saturated heterocycles. The molecule has 1 atom stereocenters. The van der Waals surface area contributed by atoms with Crippen LogP contribution in [-0.4, -0.2) is 24.9 Å². The Morgan fingerprint density at radius 2 is 2.12 bits per heavy atom. The van der Waals surface area contributed by atoms with Gasteiger partial charge >= 0.3 is 5.97 Å². The van der Waals surface area contributed by atoms with Gasteiger partial charge in [-0.1, -0.05) is 16.8 Å². The van der Waals surface area contributed by atoms with Crippen LogP contribution in [-0.2, 0) is 14.3 Å². The number of carbonyl (C=O) groups is 2. The number of methoxy groups -OCH3 is 1. The van der Waals surface area contributed by atoms with E-state index in [1.807, 2.05) is 19.9 Å². The van der Waals surface area contributed by atoms with Crippen LogP contribution in [0.3, 0.4) is 0 Å². The van der Waals surface area contributed by atoms with Crippen molar-refractivity contribution < 1.29 is 14.3 Å². The number of esters is 1. The average molecular weight is 225 g/mol. The van der Waals surface area contributed by atoms with Crippen LogP contribution in [0.25, 0.3) is 10.4 Å². The fraction of sp³-hybridized carbons (Fsp3) is 0.600. The fourth-order valence-electron chi connectivity index (χ4n) is 1.05. The molecule has 0 aliphatic rings. The molecule has 6 nitrogen and oxygen atoms in total. The summed E-state index contributed by atoms with van der Waals surface area (Å²) in [4.78, 5) is 25.1. The van der Waals surface area contributed by atoms with Gasteiger partial charge in [-0.15, -0.1) is 0 Å². The number of ketones is 1. The van der Waals surface area contributed by atoms with Gasteiger partial charge in [0, 0.05) is 11.3 Å². The van der Waals surface area contributed by atoms with Gasteiger partial charge in [0.05, 0.1) is 7.11 Å². The van der Waals surface area contributed by atoms with Crippen LogP contribution in [0, 0.1) is 0 Å². The van der Waals surface area contributed by atoms with Crippen LogP contribution < -0.4 is 0 Å². The van der Waals surface area contributed by atoms with Crippen LogP contribution in [0.4, 0.5) is 0 Å². The van der Waals surface area contributed by atoms with E-state index < -0.39 is 17.8 Å². The van der Waals surface area contributed by atoms with Crippen molar-refractivity contribution in [2.75, 3.05) is 7.11 Å². The van der Waals surface area contributed by atoms with Crippen molar-refractivity contribution in [2.45, 2.75) is 32.7 Å². The molecular weight excluding hydrogens is 210 g/mol. The molecule has 0 fully saturated rings. The summed E-state index contributed by atoms with van der Waals surface area (Å²) in [6, 6.07) is -1.36. The molecule has 0 bridgehead atoms. The molecule has 0 aromatic heterocycles. The molecule has 0 spiro atoms. The Labute approximate surface area is 93.9 Å². The summed E-state index contributed by atoms with van der Waals surface area (Å²) in [5.74, 6) is -1.25. The molecule has 16 heavy (non-hydrogen) atoms. The summed E-state index contributed by atoms with van der Waals surface area (Å²) < 4.78 is 4.37. The number of hydrogen-bond acceptors (Lipinski definition) is 4. The van der Waals surface area contributed by atoms with E-state index in [0.717, 1.165) is 12.7 Å². The normalized spacial score (nSPS) is 10.9. The lowest BCUT2D eigenvalue weighted by Crippen LogP contribution is -2.28. The highest BCUT2D eigenvalue weighted by atomic mass is 16.5. The van der Waals surface area contributed by atoms with E-state index in [1.54, 1.807) is 0 Å². The van der Waals surface area contributed by atoms with E-state index in [4.69, 9.17) is 5.53 Å². The highest BCUT2D eigenvalue weighted by molar-refractivity contribution is 6.03. The molecule has 0 aromatic carbocycles. The first kappa shape index (κ1) is 14.2. The maximum atomic E-state index is 11.5. The minimum absolute atomic E-state index is 0.157. The van der Waals surface area contributed by atoms with Crippen molar-refractivity contribution in [3.05, 3.63) is 22.1 Å². The molecule has 6 heteroatoms. The minimum Gasteiger partial charge on any atom is -0.468 e. The van der Waals surface area contributed by atoms with Crippen LogP contribution in [0.1, 0.15) is 26.7 Å². The standard InChI is InChI=1S/C10H15N3O3/c1-7(2)5-4-6-8(14)9(12-13-11)10(15)16-3/h5,9H,4,6H2,1-3H3. The maximum Gasteiger partial charge on any atom is 0.322 e. The minimum atomic E-state index is -1.36. The van der Waals surface area contributed by atoms with Gasteiger partial charge in [-0.25, -0.2) is 0 Å². The van der Waals surface area contributed by atoms with Crippen molar-refractivity contribution in [3.8, 4) is 0 Å². The molecular formula is C10H15N3O3. The molecule has 1 unspecified atom stereocenters. The van der Waals surface area contributed by atoms with E-state index >= 15 is 0 Å². The third-order valence-corrected chi connectivity index (χ3v) is 1.84. The molecule has 0 N–H and O–H groups in total. The predicted molar refractivity (Wildman–Crippen MR) is 58.6 cm³/mol. The Kier molecular flexibility index (Phi) is 6.63. The molecule has 0 heterocycles. The van der Waals surface area contributed by atoms with Gasteiger partial charge in [0.15, 0.2) is 11.8 Å². The summed E-state index contributed by atoms with van der Waals surface area (Å²) in [7, 11) is 1.14. The quantitative estimate of drug-likeness (QED) is 0.173. The Bertz CT molecular complexity index is 339. The van der Waals surface area contributed by atoms with E-state index in [9.17, 15) is 9.59 Å². The van der Waals surface area contributed by atoms with Gasteiger partial charge in [-0.2, -0.15) is 0 Å². The number of azide groups is 1. The van der Waals surface area contributed by atoms with E-state index in [1.165, 1.54) is 0 Å². The first-order chi connectivity index (χ1) is 7.52. The van der Waals surface area contributed by atoms with Crippen molar-refractivity contribution in [2.24, 2.45) is 5.11 Å². The monoisotopic (exact) mass is 225 g/mol. The van der Waals surface area contributed by atoms with Gasteiger partial charge in [0.1, 0.15) is 0 Å². The molecule has 0 aliphatic heterocycles. The topological polar surface area (TPSA) is 92.1 Å². The molecule has 88 valence electrons. The largest absolute Gasteiger partial charge is 0.468 e. The molecule has 0 rings (SSSR count). The zero-order valence-corrected chi connectivity index (χ0v) is 9.64. The molecule has 0 amide bonds. The molecule has 0 aliphatic carbocycles. The lowest BCUT2D eigenvalue weighted by Gasteiger charge is -2.06. The Morgan fingerprint density at radius 3 is 2.56 bits per heavy atom. The van der Waals surface area contributed by atoms with Gasteiger partial charge in [-0.05, 0) is 25.8 Å².